The maximum atomic E-state index is 13.2. The minimum Gasteiger partial charge on any atom is -0.365 e. The lowest BCUT2D eigenvalue weighted by Gasteiger charge is -2.33. The van der Waals surface area contributed by atoms with Crippen LogP contribution in [0.3, 0.4) is 0 Å². The van der Waals surface area contributed by atoms with Crippen LogP contribution in [0, 0.1) is 16.5 Å². The second-order valence-electron chi connectivity index (χ2n) is 5.85. The van der Waals surface area contributed by atoms with E-state index in [0.717, 1.165) is 11.3 Å². The first kappa shape index (κ1) is 15.1. The summed E-state index contributed by atoms with van der Waals surface area (Å²) in [6.45, 7) is 4.14. The highest BCUT2D eigenvalue weighted by molar-refractivity contribution is 7.71. The highest BCUT2D eigenvalue weighted by atomic mass is 32.1. The number of H-pyrrole nitrogens is 2. The molecule has 1 aromatic carbocycles. The maximum Gasteiger partial charge on any atom is 0.258 e. The van der Waals surface area contributed by atoms with Gasteiger partial charge in [0, 0.05) is 12.1 Å². The maximum absolute atomic E-state index is 13.2. The summed E-state index contributed by atoms with van der Waals surface area (Å²) in [6, 6.07) is 6.04. The standard InChI is InChI=1S/C16H17FN2O2S/c1-8(2)12-7-11-13(15(20)19-16(22)18-11)14(21-12)9-3-5-10(17)6-4-9/h3-6,8,12,14H,7H2,1-2H3,(H2,18,19,20,22). The molecule has 2 aromatic rings. The van der Waals surface area contributed by atoms with Crippen molar-refractivity contribution >= 4 is 12.2 Å². The SMILES string of the molecule is CC(C)C1Cc2[nH]c(=S)[nH]c(=O)c2C(c2ccc(F)cc2)O1. The summed E-state index contributed by atoms with van der Waals surface area (Å²) in [7, 11) is 0. The molecule has 6 heteroatoms. The number of benzene rings is 1. The lowest BCUT2D eigenvalue weighted by atomic mass is 9.91. The first-order chi connectivity index (χ1) is 10.5. The summed E-state index contributed by atoms with van der Waals surface area (Å²) >= 11 is 5.06. The topological polar surface area (TPSA) is 57.9 Å². The smallest absolute Gasteiger partial charge is 0.258 e. The number of halogens is 1. The van der Waals surface area contributed by atoms with E-state index in [4.69, 9.17) is 17.0 Å². The van der Waals surface area contributed by atoms with Gasteiger partial charge in [-0.1, -0.05) is 26.0 Å². The lowest BCUT2D eigenvalue weighted by Crippen LogP contribution is -2.36. The Morgan fingerprint density at radius 2 is 1.95 bits per heavy atom. The Balaban J connectivity index is 2.15. The predicted octanol–water partition coefficient (Wildman–Crippen LogP) is 3.26. The quantitative estimate of drug-likeness (QED) is 0.835. The van der Waals surface area contributed by atoms with Crippen molar-refractivity contribution in [3.05, 3.63) is 62.0 Å². The molecule has 22 heavy (non-hydrogen) atoms. The Kier molecular flexibility index (Phi) is 3.97. The van der Waals surface area contributed by atoms with E-state index >= 15 is 0 Å². The third-order valence-corrected chi connectivity index (χ3v) is 4.16. The Morgan fingerprint density at radius 1 is 1.27 bits per heavy atom. The van der Waals surface area contributed by atoms with Gasteiger partial charge in [-0.05, 0) is 35.8 Å². The molecule has 2 N–H and O–H groups in total. The van der Waals surface area contributed by atoms with E-state index in [0.29, 0.717) is 16.8 Å². The molecule has 116 valence electrons. The molecular weight excluding hydrogens is 303 g/mol. The van der Waals surface area contributed by atoms with Crippen LogP contribution in [0.25, 0.3) is 0 Å². The molecule has 4 nitrogen and oxygen atoms in total. The molecule has 2 atom stereocenters. The molecular formula is C16H17FN2O2S. The number of aromatic amines is 2. The van der Waals surface area contributed by atoms with Crippen molar-refractivity contribution in [2.45, 2.75) is 32.5 Å². The zero-order valence-corrected chi connectivity index (χ0v) is 13.2. The number of aromatic nitrogens is 2. The Labute approximate surface area is 132 Å². The third kappa shape index (κ3) is 2.76. The molecule has 0 saturated carbocycles. The van der Waals surface area contributed by atoms with Crippen LogP contribution < -0.4 is 5.56 Å². The van der Waals surface area contributed by atoms with Crippen LogP contribution >= 0.6 is 12.2 Å². The van der Waals surface area contributed by atoms with Gasteiger partial charge in [-0.15, -0.1) is 0 Å². The van der Waals surface area contributed by atoms with Crippen molar-refractivity contribution in [2.75, 3.05) is 0 Å². The fraction of sp³-hybridized carbons (Fsp3) is 0.375. The van der Waals surface area contributed by atoms with Crippen LogP contribution in [-0.2, 0) is 11.2 Å². The van der Waals surface area contributed by atoms with Gasteiger partial charge in [-0.3, -0.25) is 9.78 Å². The molecule has 0 saturated heterocycles. The summed E-state index contributed by atoms with van der Waals surface area (Å²) in [6.07, 6.45) is 0.0560. The van der Waals surface area contributed by atoms with Crippen molar-refractivity contribution < 1.29 is 9.13 Å². The van der Waals surface area contributed by atoms with Gasteiger partial charge in [0.25, 0.3) is 5.56 Å². The third-order valence-electron chi connectivity index (χ3n) is 3.96. The van der Waals surface area contributed by atoms with Crippen LogP contribution in [0.15, 0.2) is 29.1 Å². The first-order valence-corrected chi connectivity index (χ1v) is 7.63. The van der Waals surface area contributed by atoms with Crippen molar-refractivity contribution in [2.24, 2.45) is 5.92 Å². The normalized spacial score (nSPS) is 20.9. The summed E-state index contributed by atoms with van der Waals surface area (Å²) in [4.78, 5) is 18.0. The molecule has 0 radical (unpaired) electrons. The minimum atomic E-state index is -0.521. The van der Waals surface area contributed by atoms with Crippen LogP contribution in [0.2, 0.25) is 0 Å². The molecule has 2 unspecified atom stereocenters. The minimum absolute atomic E-state index is 0.0324. The number of hydrogen-bond donors (Lipinski definition) is 2. The molecule has 3 rings (SSSR count). The van der Waals surface area contributed by atoms with Crippen molar-refractivity contribution in [1.29, 1.82) is 0 Å². The second-order valence-corrected chi connectivity index (χ2v) is 6.26. The number of fused-ring (bicyclic) bond motifs is 1. The van der Waals surface area contributed by atoms with Crippen molar-refractivity contribution in [3.63, 3.8) is 0 Å². The lowest BCUT2D eigenvalue weighted by molar-refractivity contribution is -0.0311. The van der Waals surface area contributed by atoms with Gasteiger partial charge in [-0.25, -0.2) is 4.39 Å². The van der Waals surface area contributed by atoms with E-state index < -0.39 is 6.10 Å². The average Bonchev–Trinajstić information content (AvgIpc) is 2.46. The molecule has 0 spiro atoms. The van der Waals surface area contributed by atoms with Crippen LogP contribution in [0.5, 0.6) is 0 Å². The number of rotatable bonds is 2. The predicted molar refractivity (Wildman–Crippen MR) is 83.9 cm³/mol. The molecule has 0 aliphatic carbocycles. The van der Waals surface area contributed by atoms with Gasteiger partial charge in [0.1, 0.15) is 11.9 Å². The fourth-order valence-electron chi connectivity index (χ4n) is 2.75. The second kappa shape index (κ2) is 5.78. The van der Waals surface area contributed by atoms with Gasteiger partial charge >= 0.3 is 0 Å². The molecule has 1 aliphatic heterocycles. The fourth-order valence-corrected chi connectivity index (χ4v) is 2.97. The molecule has 0 fully saturated rings. The van der Waals surface area contributed by atoms with Crippen molar-refractivity contribution in [3.8, 4) is 0 Å². The van der Waals surface area contributed by atoms with Gasteiger partial charge in [0.05, 0.1) is 11.7 Å². The summed E-state index contributed by atoms with van der Waals surface area (Å²) in [5.74, 6) is -0.0288. The first-order valence-electron chi connectivity index (χ1n) is 7.22. The largest absolute Gasteiger partial charge is 0.365 e. The van der Waals surface area contributed by atoms with E-state index in [1.165, 1.54) is 12.1 Å². The average molecular weight is 320 g/mol. The van der Waals surface area contributed by atoms with Gasteiger partial charge < -0.3 is 9.72 Å². The molecule has 0 bridgehead atoms. The molecule has 1 aromatic heterocycles. The van der Waals surface area contributed by atoms with Gasteiger partial charge in [0.2, 0.25) is 0 Å². The van der Waals surface area contributed by atoms with Crippen LogP contribution in [-0.4, -0.2) is 16.1 Å². The number of nitrogens with one attached hydrogen (secondary N) is 2. The monoisotopic (exact) mass is 320 g/mol. The van der Waals surface area contributed by atoms with Gasteiger partial charge in [-0.2, -0.15) is 0 Å². The van der Waals surface area contributed by atoms with Crippen molar-refractivity contribution in [1.82, 2.24) is 9.97 Å². The highest BCUT2D eigenvalue weighted by Gasteiger charge is 2.33. The van der Waals surface area contributed by atoms with E-state index in [2.05, 4.69) is 23.8 Å². The molecule has 2 heterocycles. The Hall–Kier alpha value is -1.79. The zero-order valence-electron chi connectivity index (χ0n) is 12.4. The van der Waals surface area contributed by atoms with E-state index in [9.17, 15) is 9.18 Å². The Bertz CT molecular complexity index is 795. The molecule has 1 aliphatic rings. The molecule has 0 amide bonds. The summed E-state index contributed by atoms with van der Waals surface area (Å²) < 4.78 is 19.6. The van der Waals surface area contributed by atoms with E-state index in [1.54, 1.807) is 12.1 Å². The zero-order chi connectivity index (χ0) is 15.9. The van der Waals surface area contributed by atoms with Crippen LogP contribution in [0.4, 0.5) is 4.39 Å². The van der Waals surface area contributed by atoms with Gasteiger partial charge in [0.15, 0.2) is 4.77 Å². The highest BCUT2D eigenvalue weighted by Crippen LogP contribution is 2.34. The summed E-state index contributed by atoms with van der Waals surface area (Å²) in [5, 5.41) is 0. The van der Waals surface area contributed by atoms with E-state index in [-0.39, 0.29) is 23.4 Å². The van der Waals surface area contributed by atoms with Crippen LogP contribution in [0.1, 0.15) is 36.8 Å². The Morgan fingerprint density at radius 3 is 2.59 bits per heavy atom. The van der Waals surface area contributed by atoms with E-state index in [1.807, 2.05) is 0 Å². The number of ether oxygens (including phenoxy) is 1. The summed E-state index contributed by atoms with van der Waals surface area (Å²) in [5.41, 5.74) is 1.82. The number of hydrogen-bond acceptors (Lipinski definition) is 3.